The van der Waals surface area contributed by atoms with Crippen molar-refractivity contribution >= 4 is 29.3 Å². The number of fused-ring (bicyclic) bond motifs is 4. The molecule has 2 aliphatic heterocycles. The summed E-state index contributed by atoms with van der Waals surface area (Å²) in [6.07, 6.45) is 0.261. The van der Waals surface area contributed by atoms with E-state index in [1.807, 2.05) is 44.2 Å². The Morgan fingerprint density at radius 3 is 2.50 bits per heavy atom. The van der Waals surface area contributed by atoms with Crippen molar-refractivity contribution in [2.75, 3.05) is 33.7 Å². The molecule has 2 heterocycles. The Bertz CT molecular complexity index is 1350. The summed E-state index contributed by atoms with van der Waals surface area (Å²) < 4.78 is 6.07. The normalized spacial score (nSPS) is 21.3. The van der Waals surface area contributed by atoms with E-state index >= 15 is 0 Å². The van der Waals surface area contributed by atoms with E-state index in [4.69, 9.17) is 4.74 Å². The maximum absolute atomic E-state index is 14.2. The minimum absolute atomic E-state index is 0.0242. The quantitative estimate of drug-likeness (QED) is 0.392. The van der Waals surface area contributed by atoms with Crippen molar-refractivity contribution < 1.29 is 28.8 Å². The molecular weight excluding hydrogens is 542 g/mol. The maximum atomic E-state index is 14.2. The lowest BCUT2D eigenvalue weighted by Crippen LogP contribution is -2.56. The molecule has 0 aromatic heterocycles. The first-order chi connectivity index (χ1) is 20.0. The van der Waals surface area contributed by atoms with Gasteiger partial charge >= 0.3 is 5.69 Å². The van der Waals surface area contributed by atoms with Crippen LogP contribution >= 0.6 is 0 Å². The molecule has 0 aliphatic carbocycles. The van der Waals surface area contributed by atoms with Gasteiger partial charge in [-0.25, -0.2) is 0 Å². The fourth-order valence-electron chi connectivity index (χ4n) is 5.25. The first-order valence-corrected chi connectivity index (χ1v) is 14.0. The molecule has 42 heavy (non-hydrogen) atoms. The van der Waals surface area contributed by atoms with Crippen molar-refractivity contribution in [2.45, 2.75) is 51.3 Å². The average molecular weight is 580 g/mol. The van der Waals surface area contributed by atoms with Crippen LogP contribution in [0, 0.1) is 16.0 Å². The number of hydrogen-bond donors (Lipinski definition) is 1. The molecule has 0 radical (unpaired) electrons. The summed E-state index contributed by atoms with van der Waals surface area (Å²) in [7, 11) is 2.96. The molecule has 4 amide bonds. The Balaban J connectivity index is 1.76. The monoisotopic (exact) mass is 579 g/mol. The molecule has 1 N–H and O–H groups in total. The summed E-state index contributed by atoms with van der Waals surface area (Å²) in [6, 6.07) is 11.1. The van der Waals surface area contributed by atoms with E-state index in [9.17, 15) is 29.3 Å². The lowest BCUT2D eigenvalue weighted by atomic mass is 10.0. The summed E-state index contributed by atoms with van der Waals surface area (Å²) in [5.41, 5.74) is 0.582. The van der Waals surface area contributed by atoms with Crippen LogP contribution in [0.1, 0.15) is 42.6 Å². The molecule has 12 heteroatoms. The fourth-order valence-corrected chi connectivity index (χ4v) is 5.25. The third-order valence-corrected chi connectivity index (χ3v) is 7.70. The second-order valence-electron chi connectivity index (χ2n) is 11.3. The Kier molecular flexibility index (Phi) is 9.44. The number of carbonyl (C=O) groups excluding carboxylic acids is 4. The molecular formula is C30H37N5O7. The number of nitro groups is 1. The smallest absolute Gasteiger partial charge is 0.310 e. The van der Waals surface area contributed by atoms with Gasteiger partial charge in [0.25, 0.3) is 5.91 Å². The number of ether oxygens (including phenoxy) is 1. The van der Waals surface area contributed by atoms with E-state index < -0.39 is 40.8 Å². The molecule has 12 nitrogen and oxygen atoms in total. The first kappa shape index (κ1) is 30.5. The van der Waals surface area contributed by atoms with Crippen molar-refractivity contribution in [2.24, 2.45) is 5.92 Å². The molecule has 3 atom stereocenters. The van der Waals surface area contributed by atoms with Gasteiger partial charge in [-0.05, 0) is 24.0 Å². The van der Waals surface area contributed by atoms with Gasteiger partial charge in [0.1, 0.15) is 18.2 Å². The van der Waals surface area contributed by atoms with E-state index in [0.717, 1.165) is 12.0 Å². The SMILES string of the molecule is CC(C)CCNC(=O)[C@H]1C[C@H]2CN1C(=O)C(Cc1ccccc1)N(C)C(=O)CN(C)C(=O)c1ccc([N+](=O)[O-])c(c1)O2. The van der Waals surface area contributed by atoms with Crippen molar-refractivity contribution in [3.05, 3.63) is 69.8 Å². The number of amides is 4. The van der Waals surface area contributed by atoms with Crippen molar-refractivity contribution in [1.29, 1.82) is 0 Å². The van der Waals surface area contributed by atoms with E-state index in [2.05, 4.69) is 5.32 Å². The number of nitrogens with one attached hydrogen (secondary N) is 1. The number of rotatable bonds is 7. The largest absolute Gasteiger partial charge is 0.481 e. The zero-order valence-electron chi connectivity index (χ0n) is 24.3. The Labute approximate surface area is 244 Å². The maximum Gasteiger partial charge on any atom is 0.310 e. The van der Waals surface area contributed by atoms with E-state index in [-0.39, 0.29) is 48.8 Å². The molecule has 1 saturated heterocycles. The zero-order chi connectivity index (χ0) is 30.6. The predicted octanol–water partition coefficient (Wildman–Crippen LogP) is 2.26. The third kappa shape index (κ3) is 6.87. The van der Waals surface area contributed by atoms with Gasteiger partial charge in [0.05, 0.1) is 18.0 Å². The highest BCUT2D eigenvalue weighted by Crippen LogP contribution is 2.33. The summed E-state index contributed by atoms with van der Waals surface area (Å²) in [6.45, 7) is 4.15. The molecule has 2 aromatic carbocycles. The number of carbonyl (C=O) groups is 4. The molecule has 2 aromatic rings. The highest BCUT2D eigenvalue weighted by molar-refractivity contribution is 5.98. The molecule has 4 rings (SSSR count). The fraction of sp³-hybridized carbons (Fsp3) is 0.467. The van der Waals surface area contributed by atoms with Crippen molar-refractivity contribution in [1.82, 2.24) is 20.0 Å². The molecule has 1 fully saturated rings. The van der Waals surface area contributed by atoms with Gasteiger partial charge in [-0.1, -0.05) is 44.2 Å². The van der Waals surface area contributed by atoms with Gasteiger partial charge in [-0.2, -0.15) is 0 Å². The first-order valence-electron chi connectivity index (χ1n) is 14.0. The lowest BCUT2D eigenvalue weighted by molar-refractivity contribution is -0.386. The van der Waals surface area contributed by atoms with Gasteiger partial charge in [0.15, 0.2) is 5.75 Å². The van der Waals surface area contributed by atoms with Gasteiger partial charge < -0.3 is 24.8 Å². The van der Waals surface area contributed by atoms with Crippen molar-refractivity contribution in [3.63, 3.8) is 0 Å². The Morgan fingerprint density at radius 2 is 1.83 bits per heavy atom. The standard InChI is InChI=1S/C30H37N5O7/c1-19(2)12-13-31-28(37)24-16-22-17-34(24)30(39)25(14-20-8-6-5-7-9-20)33(4)27(36)18-32(3)29(38)21-10-11-23(35(40)41)26(15-21)42-22/h5-11,15,19,22,24-25H,12-14,16-18H2,1-4H3,(H,31,37)/t22-,24+,25?/m0/s1. The predicted molar refractivity (Wildman–Crippen MR) is 154 cm³/mol. The van der Waals surface area contributed by atoms with Crippen LogP contribution in [-0.4, -0.2) is 95.2 Å². The van der Waals surface area contributed by atoms with Gasteiger partial charge in [0, 0.05) is 51.2 Å². The van der Waals surface area contributed by atoms with E-state index in [1.165, 1.54) is 47.0 Å². The van der Waals surface area contributed by atoms with Crippen molar-refractivity contribution in [3.8, 4) is 5.75 Å². The molecule has 0 saturated carbocycles. The molecule has 224 valence electrons. The number of nitrogens with zero attached hydrogens (tertiary/aromatic N) is 4. The molecule has 2 aliphatic rings. The van der Waals surface area contributed by atoms with Crippen LogP contribution in [0.3, 0.4) is 0 Å². The zero-order valence-corrected chi connectivity index (χ0v) is 24.3. The minimum Gasteiger partial charge on any atom is -0.481 e. The van der Waals surface area contributed by atoms with Gasteiger partial charge in [0.2, 0.25) is 17.7 Å². The van der Waals surface area contributed by atoms with Crippen LogP contribution in [-0.2, 0) is 20.8 Å². The summed E-state index contributed by atoms with van der Waals surface area (Å²) >= 11 is 0. The molecule has 0 spiro atoms. The third-order valence-electron chi connectivity index (χ3n) is 7.70. The summed E-state index contributed by atoms with van der Waals surface area (Å²) in [5.74, 6) is -1.58. The number of nitro benzene ring substituents is 1. The van der Waals surface area contributed by atoms with E-state index in [0.29, 0.717) is 12.5 Å². The summed E-state index contributed by atoms with van der Waals surface area (Å²) in [4.78, 5) is 69.4. The highest BCUT2D eigenvalue weighted by atomic mass is 16.6. The summed E-state index contributed by atoms with van der Waals surface area (Å²) in [5, 5.41) is 14.7. The number of hydrogen-bond acceptors (Lipinski definition) is 7. The average Bonchev–Trinajstić information content (AvgIpc) is 3.38. The topological polar surface area (TPSA) is 142 Å². The second-order valence-corrected chi connectivity index (χ2v) is 11.3. The second kappa shape index (κ2) is 13.0. The van der Waals surface area contributed by atoms with Gasteiger partial charge in [-0.15, -0.1) is 0 Å². The van der Waals surface area contributed by atoms with Crippen LogP contribution < -0.4 is 10.1 Å². The Morgan fingerprint density at radius 1 is 1.12 bits per heavy atom. The highest BCUT2D eigenvalue weighted by Gasteiger charge is 2.45. The number of likely N-dealkylation sites (N-methyl/N-ethyl adjacent to an activating group) is 2. The van der Waals surface area contributed by atoms with Gasteiger partial charge in [-0.3, -0.25) is 29.3 Å². The minimum atomic E-state index is -0.969. The van der Waals surface area contributed by atoms with E-state index in [1.54, 1.807) is 0 Å². The lowest BCUT2D eigenvalue weighted by Gasteiger charge is -2.34. The number of benzene rings is 2. The van der Waals surface area contributed by atoms with Crippen LogP contribution in [0.25, 0.3) is 0 Å². The molecule has 4 bridgehead atoms. The van der Waals surface area contributed by atoms with Crippen LogP contribution in [0.4, 0.5) is 5.69 Å². The Hall–Kier alpha value is -4.48. The van der Waals surface area contributed by atoms with Crippen LogP contribution in [0.2, 0.25) is 0 Å². The molecule has 1 unspecified atom stereocenters. The van der Waals surface area contributed by atoms with Crippen LogP contribution in [0.15, 0.2) is 48.5 Å². The van der Waals surface area contributed by atoms with Crippen LogP contribution in [0.5, 0.6) is 5.75 Å².